The van der Waals surface area contributed by atoms with E-state index in [1.807, 2.05) is 30.3 Å². The maximum Gasteiger partial charge on any atom is 0.261 e. The van der Waals surface area contributed by atoms with Crippen molar-refractivity contribution in [3.63, 3.8) is 0 Å². The lowest BCUT2D eigenvalue weighted by molar-refractivity contribution is 0.102. The van der Waals surface area contributed by atoms with Crippen molar-refractivity contribution in [1.29, 1.82) is 0 Å². The Labute approximate surface area is 189 Å². The van der Waals surface area contributed by atoms with Gasteiger partial charge in [-0.25, -0.2) is 13.4 Å². The summed E-state index contributed by atoms with van der Waals surface area (Å²) in [5.41, 5.74) is 0.976. The predicted octanol–water partition coefficient (Wildman–Crippen LogP) is 4.41. The number of rotatable bonds is 8. The number of ether oxygens (including phenoxy) is 2. The molecule has 1 amide bonds. The summed E-state index contributed by atoms with van der Waals surface area (Å²) in [6, 6.07) is 21.0. The Bertz CT molecular complexity index is 1350. The molecular weight excluding hydrogens is 448 g/mol. The summed E-state index contributed by atoms with van der Waals surface area (Å²) in [4.78, 5) is 17.4. The Kier molecular flexibility index (Phi) is 6.38. The first-order valence-electron chi connectivity index (χ1n) is 9.72. The van der Waals surface area contributed by atoms with E-state index in [-0.39, 0.29) is 17.4 Å². The van der Waals surface area contributed by atoms with E-state index in [0.717, 1.165) is 12.0 Å². The van der Waals surface area contributed by atoms with Crippen LogP contribution in [-0.2, 0) is 9.84 Å². The van der Waals surface area contributed by atoms with Gasteiger partial charge in [-0.15, -0.1) is 0 Å². The monoisotopic (exact) mass is 468 g/mol. The van der Waals surface area contributed by atoms with E-state index in [2.05, 4.69) is 10.3 Å². The van der Waals surface area contributed by atoms with Gasteiger partial charge in [-0.05, 0) is 42.5 Å². The zero-order valence-corrected chi connectivity index (χ0v) is 18.8. The number of fused-ring (bicyclic) bond motifs is 1. The van der Waals surface area contributed by atoms with Gasteiger partial charge in [-0.2, -0.15) is 0 Å². The van der Waals surface area contributed by atoms with Crippen LogP contribution < -0.4 is 14.8 Å². The maximum absolute atomic E-state index is 12.8. The number of nitrogens with one attached hydrogen (secondary N) is 1. The molecule has 0 unspecified atom stereocenters. The number of carbonyl (C=O) groups is 1. The van der Waals surface area contributed by atoms with Gasteiger partial charge in [0.25, 0.3) is 5.91 Å². The first-order valence-corrected chi connectivity index (χ1v) is 12.4. The average Bonchev–Trinajstić information content (AvgIpc) is 3.18. The third-order valence-electron chi connectivity index (χ3n) is 4.49. The zero-order chi connectivity index (χ0) is 22.6. The van der Waals surface area contributed by atoms with Crippen molar-refractivity contribution in [3.8, 4) is 11.5 Å². The predicted molar refractivity (Wildman–Crippen MR) is 125 cm³/mol. The van der Waals surface area contributed by atoms with E-state index in [4.69, 9.17) is 9.47 Å². The molecule has 0 saturated carbocycles. The molecule has 0 saturated heterocycles. The van der Waals surface area contributed by atoms with Crippen LogP contribution in [0.3, 0.4) is 0 Å². The minimum atomic E-state index is -3.32. The van der Waals surface area contributed by atoms with Crippen molar-refractivity contribution in [3.05, 3.63) is 78.4 Å². The first kappa shape index (κ1) is 21.8. The van der Waals surface area contributed by atoms with Gasteiger partial charge in [0.15, 0.2) is 15.0 Å². The summed E-state index contributed by atoms with van der Waals surface area (Å²) in [7, 11) is -3.32. The molecule has 1 heterocycles. The number of anilines is 1. The lowest BCUT2D eigenvalue weighted by Gasteiger charge is -2.11. The van der Waals surface area contributed by atoms with Crippen LogP contribution in [0.4, 0.5) is 5.13 Å². The molecule has 0 bridgehead atoms. The summed E-state index contributed by atoms with van der Waals surface area (Å²) < 4.78 is 35.6. The van der Waals surface area contributed by atoms with Gasteiger partial charge in [0.2, 0.25) is 0 Å². The van der Waals surface area contributed by atoms with Gasteiger partial charge in [0, 0.05) is 6.26 Å². The maximum atomic E-state index is 12.8. The zero-order valence-electron chi connectivity index (χ0n) is 17.1. The van der Waals surface area contributed by atoms with Gasteiger partial charge >= 0.3 is 0 Å². The van der Waals surface area contributed by atoms with Gasteiger partial charge in [0.05, 0.1) is 20.7 Å². The molecule has 0 radical (unpaired) electrons. The lowest BCUT2D eigenvalue weighted by atomic mass is 10.2. The van der Waals surface area contributed by atoms with Crippen LogP contribution in [0.25, 0.3) is 10.2 Å². The van der Waals surface area contributed by atoms with Gasteiger partial charge in [-0.1, -0.05) is 41.7 Å². The van der Waals surface area contributed by atoms with E-state index < -0.39 is 9.84 Å². The second kappa shape index (κ2) is 9.37. The summed E-state index contributed by atoms with van der Waals surface area (Å²) in [6.07, 6.45) is 1.15. The number of benzene rings is 3. The highest BCUT2D eigenvalue weighted by Gasteiger charge is 2.16. The average molecular weight is 469 g/mol. The highest BCUT2D eigenvalue weighted by atomic mass is 32.2. The molecule has 1 aromatic heterocycles. The van der Waals surface area contributed by atoms with Crippen molar-refractivity contribution in [1.82, 2.24) is 4.98 Å². The highest BCUT2D eigenvalue weighted by molar-refractivity contribution is 7.90. The Morgan fingerprint density at radius 3 is 2.47 bits per heavy atom. The number of aromatic nitrogens is 1. The quantitative estimate of drug-likeness (QED) is 0.385. The second-order valence-electron chi connectivity index (χ2n) is 6.88. The fourth-order valence-electron chi connectivity index (χ4n) is 2.96. The number of sulfone groups is 1. The minimum Gasteiger partial charge on any atom is -0.490 e. The van der Waals surface area contributed by atoms with Crippen molar-refractivity contribution in [2.75, 3.05) is 24.8 Å². The number of thiazole rings is 1. The topological polar surface area (TPSA) is 94.6 Å². The van der Waals surface area contributed by atoms with Crippen LogP contribution in [0, 0.1) is 0 Å². The van der Waals surface area contributed by atoms with Crippen molar-refractivity contribution >= 4 is 42.4 Å². The molecule has 32 heavy (non-hydrogen) atoms. The van der Waals surface area contributed by atoms with Crippen LogP contribution in [0.1, 0.15) is 10.4 Å². The third-order valence-corrected chi connectivity index (χ3v) is 6.54. The first-order chi connectivity index (χ1) is 15.4. The van der Waals surface area contributed by atoms with Crippen LogP contribution in [0.5, 0.6) is 11.5 Å². The van der Waals surface area contributed by atoms with Crippen LogP contribution in [0.2, 0.25) is 0 Å². The van der Waals surface area contributed by atoms with Gasteiger partial charge in [0.1, 0.15) is 24.7 Å². The molecule has 164 valence electrons. The third kappa shape index (κ3) is 5.24. The fraction of sp³-hybridized carbons (Fsp3) is 0.130. The van der Waals surface area contributed by atoms with E-state index in [1.54, 1.807) is 36.4 Å². The normalized spacial score (nSPS) is 11.3. The van der Waals surface area contributed by atoms with Crippen LogP contribution in [-0.4, -0.2) is 38.8 Å². The SMILES string of the molecule is CS(=O)(=O)c1ccc2nc(NC(=O)c3ccccc3OCCOc3ccccc3)sc2c1. The smallest absolute Gasteiger partial charge is 0.261 e. The molecule has 0 fully saturated rings. The summed E-state index contributed by atoms with van der Waals surface area (Å²) in [6.45, 7) is 0.606. The van der Waals surface area contributed by atoms with Gasteiger partial charge in [-0.3, -0.25) is 10.1 Å². The molecule has 0 spiro atoms. The molecule has 1 N–H and O–H groups in total. The van der Waals surface area contributed by atoms with Gasteiger partial charge < -0.3 is 9.47 Å². The Balaban J connectivity index is 1.43. The number of para-hydroxylation sites is 2. The van der Waals surface area contributed by atoms with E-state index >= 15 is 0 Å². The molecule has 0 atom stereocenters. The lowest BCUT2D eigenvalue weighted by Crippen LogP contribution is -2.15. The molecule has 4 aromatic rings. The van der Waals surface area contributed by atoms with Crippen LogP contribution >= 0.6 is 11.3 Å². The van der Waals surface area contributed by atoms with E-state index in [0.29, 0.717) is 33.3 Å². The summed E-state index contributed by atoms with van der Waals surface area (Å²) in [5, 5.41) is 3.14. The second-order valence-corrected chi connectivity index (χ2v) is 9.93. The van der Waals surface area contributed by atoms with E-state index in [9.17, 15) is 13.2 Å². The standard InChI is InChI=1S/C23H20N2O5S2/c1-32(27,28)17-11-12-19-21(15-17)31-23(24-19)25-22(26)18-9-5-6-10-20(18)30-14-13-29-16-7-3-2-4-8-16/h2-12,15H,13-14H2,1H3,(H,24,25,26). The Morgan fingerprint density at radius 1 is 0.969 bits per heavy atom. The molecular formula is C23H20N2O5S2. The van der Waals surface area contributed by atoms with Crippen molar-refractivity contribution < 1.29 is 22.7 Å². The van der Waals surface area contributed by atoms with E-state index in [1.165, 1.54) is 17.4 Å². The highest BCUT2D eigenvalue weighted by Crippen LogP contribution is 2.29. The largest absolute Gasteiger partial charge is 0.490 e. The Hall–Kier alpha value is -3.43. The summed E-state index contributed by atoms with van der Waals surface area (Å²) in [5.74, 6) is 0.811. The Morgan fingerprint density at radius 2 is 1.69 bits per heavy atom. The fourth-order valence-corrected chi connectivity index (χ4v) is 4.58. The number of carbonyl (C=O) groups excluding carboxylic acids is 1. The van der Waals surface area contributed by atoms with Crippen molar-refractivity contribution in [2.24, 2.45) is 0 Å². The van der Waals surface area contributed by atoms with Crippen molar-refractivity contribution in [2.45, 2.75) is 4.90 Å². The number of hydrogen-bond acceptors (Lipinski definition) is 7. The molecule has 4 rings (SSSR count). The summed E-state index contributed by atoms with van der Waals surface area (Å²) >= 11 is 1.21. The number of hydrogen-bond donors (Lipinski definition) is 1. The molecule has 0 aliphatic rings. The molecule has 0 aliphatic carbocycles. The number of amides is 1. The minimum absolute atomic E-state index is 0.211. The molecule has 0 aliphatic heterocycles. The van der Waals surface area contributed by atoms with Crippen LogP contribution in [0.15, 0.2) is 77.7 Å². The molecule has 3 aromatic carbocycles. The molecule has 7 nitrogen and oxygen atoms in total. The molecule has 9 heteroatoms. The number of nitrogens with zero attached hydrogens (tertiary/aromatic N) is 1.